The lowest BCUT2D eigenvalue weighted by Crippen LogP contribution is -2.30. The molecule has 0 radical (unpaired) electrons. The number of benzene rings is 3. The van der Waals surface area contributed by atoms with E-state index in [-0.39, 0.29) is 17.3 Å². The Hall–Kier alpha value is -4.79. The molecule has 0 atom stereocenters. The van der Waals surface area contributed by atoms with Gasteiger partial charge in [-0.25, -0.2) is 9.97 Å². The van der Waals surface area contributed by atoms with Crippen LogP contribution in [-0.2, 0) is 0 Å². The van der Waals surface area contributed by atoms with Crippen molar-refractivity contribution >= 4 is 23.2 Å². The Bertz CT molecular complexity index is 1200. The number of hydrazine groups is 1. The summed E-state index contributed by atoms with van der Waals surface area (Å²) in [6.07, 6.45) is 1.19. The lowest BCUT2D eigenvalue weighted by molar-refractivity contribution is -0.383. The Morgan fingerprint density at radius 1 is 0.788 bits per heavy atom. The van der Waals surface area contributed by atoms with Gasteiger partial charge >= 0.3 is 5.69 Å². The zero-order valence-electron chi connectivity index (χ0n) is 17.4. The third-order valence-electron chi connectivity index (χ3n) is 4.88. The van der Waals surface area contributed by atoms with Crippen molar-refractivity contribution in [3.8, 4) is 0 Å². The molecule has 1 heterocycles. The number of rotatable bonds is 8. The van der Waals surface area contributed by atoms with Crippen molar-refractivity contribution < 1.29 is 9.72 Å². The van der Waals surface area contributed by atoms with E-state index in [4.69, 9.17) is 0 Å². The first-order valence-electron chi connectivity index (χ1n) is 10.1. The molecule has 164 valence electrons. The molecule has 0 fully saturated rings. The monoisotopic (exact) mass is 440 g/mol. The van der Waals surface area contributed by atoms with Gasteiger partial charge in [0.05, 0.1) is 11.0 Å². The standard InChI is InChI=1S/C24H20N6O3/c31-24(19-14-8-3-9-15-19)29-28-23-21(30(32)33)22(25-16-26-23)27-20(17-10-4-1-5-11-17)18-12-6-2-7-13-18/h1-16,20H,(H,29,31)(H2,25,26,27,28). The Kier molecular flexibility index (Phi) is 6.51. The summed E-state index contributed by atoms with van der Waals surface area (Å²) in [5.74, 6) is -0.574. The fourth-order valence-corrected chi connectivity index (χ4v) is 3.31. The van der Waals surface area contributed by atoms with Crippen molar-refractivity contribution in [2.24, 2.45) is 0 Å². The van der Waals surface area contributed by atoms with Crippen LogP contribution in [0.1, 0.15) is 27.5 Å². The van der Waals surface area contributed by atoms with Crippen molar-refractivity contribution in [2.75, 3.05) is 10.7 Å². The maximum Gasteiger partial charge on any atom is 0.354 e. The lowest BCUT2D eigenvalue weighted by Gasteiger charge is -2.20. The predicted octanol–water partition coefficient (Wildman–Crippen LogP) is 4.34. The third kappa shape index (κ3) is 5.10. The highest BCUT2D eigenvalue weighted by Crippen LogP contribution is 2.33. The second-order valence-electron chi connectivity index (χ2n) is 7.02. The molecule has 0 saturated carbocycles. The van der Waals surface area contributed by atoms with Crippen LogP contribution in [0, 0.1) is 10.1 Å². The van der Waals surface area contributed by atoms with Crippen LogP contribution in [0.15, 0.2) is 97.3 Å². The predicted molar refractivity (Wildman–Crippen MR) is 125 cm³/mol. The summed E-state index contributed by atoms with van der Waals surface area (Å²) in [5.41, 5.74) is 6.82. The van der Waals surface area contributed by atoms with Gasteiger partial charge in [-0.15, -0.1) is 0 Å². The fourth-order valence-electron chi connectivity index (χ4n) is 3.31. The summed E-state index contributed by atoms with van der Waals surface area (Å²) in [5, 5.41) is 15.1. The van der Waals surface area contributed by atoms with Crippen molar-refractivity contribution in [1.29, 1.82) is 0 Å². The number of carbonyl (C=O) groups is 1. The SMILES string of the molecule is O=C(NNc1ncnc(NC(c2ccccc2)c2ccccc2)c1[N+](=O)[O-])c1ccccc1. The van der Waals surface area contributed by atoms with Gasteiger partial charge in [-0.1, -0.05) is 78.9 Å². The molecule has 4 aromatic rings. The minimum atomic E-state index is -0.591. The molecule has 9 nitrogen and oxygen atoms in total. The first-order valence-corrected chi connectivity index (χ1v) is 10.1. The second-order valence-corrected chi connectivity index (χ2v) is 7.02. The van der Waals surface area contributed by atoms with Gasteiger partial charge in [-0.05, 0) is 23.3 Å². The van der Waals surface area contributed by atoms with Gasteiger partial charge in [-0.3, -0.25) is 25.8 Å². The van der Waals surface area contributed by atoms with E-state index in [1.54, 1.807) is 30.3 Å². The number of hydrogen-bond donors (Lipinski definition) is 3. The molecule has 3 aromatic carbocycles. The highest BCUT2D eigenvalue weighted by atomic mass is 16.6. The molecule has 0 aliphatic rings. The molecule has 9 heteroatoms. The highest BCUT2D eigenvalue weighted by Gasteiger charge is 2.26. The van der Waals surface area contributed by atoms with Gasteiger partial charge in [0.25, 0.3) is 5.91 Å². The smallest absolute Gasteiger partial charge is 0.353 e. The number of hydrogen-bond acceptors (Lipinski definition) is 7. The van der Waals surface area contributed by atoms with Gasteiger partial charge in [0.1, 0.15) is 6.33 Å². The molecule has 0 unspecified atom stereocenters. The van der Waals surface area contributed by atoms with Crippen LogP contribution in [0.5, 0.6) is 0 Å². The molecule has 3 N–H and O–H groups in total. The summed E-state index contributed by atoms with van der Waals surface area (Å²) < 4.78 is 0. The quantitative estimate of drug-likeness (QED) is 0.275. The van der Waals surface area contributed by atoms with Gasteiger partial charge in [0.2, 0.25) is 11.6 Å². The van der Waals surface area contributed by atoms with Crippen LogP contribution in [-0.4, -0.2) is 20.8 Å². The summed E-state index contributed by atoms with van der Waals surface area (Å²) in [6.45, 7) is 0. The summed E-state index contributed by atoms with van der Waals surface area (Å²) in [7, 11) is 0. The Labute approximate surface area is 189 Å². The summed E-state index contributed by atoms with van der Waals surface area (Å²) >= 11 is 0. The van der Waals surface area contributed by atoms with Crippen molar-refractivity contribution in [1.82, 2.24) is 15.4 Å². The first-order chi connectivity index (χ1) is 16.1. The zero-order chi connectivity index (χ0) is 23.0. The maximum atomic E-state index is 12.3. The number of anilines is 2. The molecule has 1 amide bonds. The van der Waals surface area contributed by atoms with Gasteiger partial charge < -0.3 is 5.32 Å². The van der Waals surface area contributed by atoms with Crippen molar-refractivity contribution in [2.45, 2.75) is 6.04 Å². The average molecular weight is 440 g/mol. The minimum Gasteiger partial charge on any atom is -0.353 e. The Morgan fingerprint density at radius 2 is 1.30 bits per heavy atom. The van der Waals surface area contributed by atoms with Gasteiger partial charge in [-0.2, -0.15) is 0 Å². The number of carbonyl (C=O) groups excluding carboxylic acids is 1. The maximum absolute atomic E-state index is 12.3. The van der Waals surface area contributed by atoms with E-state index >= 15 is 0 Å². The number of nitrogens with zero attached hydrogens (tertiary/aromatic N) is 3. The molecule has 33 heavy (non-hydrogen) atoms. The van der Waals surface area contributed by atoms with Gasteiger partial charge in [0, 0.05) is 5.56 Å². The van der Waals surface area contributed by atoms with E-state index in [0.717, 1.165) is 11.1 Å². The molecule has 0 spiro atoms. The Balaban J connectivity index is 1.64. The van der Waals surface area contributed by atoms with E-state index in [1.165, 1.54) is 6.33 Å². The van der Waals surface area contributed by atoms with Gasteiger partial charge in [0.15, 0.2) is 0 Å². The molecule has 1 aromatic heterocycles. The number of amides is 1. The minimum absolute atomic E-state index is 0.0177. The molecular formula is C24H20N6O3. The molecule has 0 aliphatic carbocycles. The largest absolute Gasteiger partial charge is 0.354 e. The van der Waals surface area contributed by atoms with E-state index in [9.17, 15) is 14.9 Å². The number of nitrogens with one attached hydrogen (secondary N) is 3. The average Bonchev–Trinajstić information content (AvgIpc) is 2.87. The fraction of sp³-hybridized carbons (Fsp3) is 0.0417. The first kappa shape index (κ1) is 21.4. The van der Waals surface area contributed by atoms with E-state index < -0.39 is 16.9 Å². The van der Waals surface area contributed by atoms with E-state index in [0.29, 0.717) is 5.56 Å². The van der Waals surface area contributed by atoms with Crippen LogP contribution in [0.3, 0.4) is 0 Å². The molecule has 4 rings (SSSR count). The molecule has 0 aliphatic heterocycles. The topological polar surface area (TPSA) is 122 Å². The van der Waals surface area contributed by atoms with E-state index in [2.05, 4.69) is 26.1 Å². The molecule has 0 bridgehead atoms. The van der Waals surface area contributed by atoms with Crippen LogP contribution in [0.25, 0.3) is 0 Å². The van der Waals surface area contributed by atoms with E-state index in [1.807, 2.05) is 60.7 Å². The normalized spacial score (nSPS) is 10.5. The van der Waals surface area contributed by atoms with Crippen LogP contribution >= 0.6 is 0 Å². The third-order valence-corrected chi connectivity index (χ3v) is 4.88. The highest BCUT2D eigenvalue weighted by molar-refractivity contribution is 5.95. The van der Waals surface area contributed by atoms with Crippen LogP contribution in [0.2, 0.25) is 0 Å². The molecular weight excluding hydrogens is 420 g/mol. The Morgan fingerprint density at radius 3 is 1.85 bits per heavy atom. The summed E-state index contributed by atoms with van der Waals surface area (Å²) in [6, 6.07) is 27.2. The van der Waals surface area contributed by atoms with Crippen LogP contribution in [0.4, 0.5) is 17.3 Å². The van der Waals surface area contributed by atoms with Crippen molar-refractivity contribution in [3.05, 3.63) is 124 Å². The van der Waals surface area contributed by atoms with Crippen molar-refractivity contribution in [3.63, 3.8) is 0 Å². The summed E-state index contributed by atoms with van der Waals surface area (Å²) in [4.78, 5) is 31.8. The zero-order valence-corrected chi connectivity index (χ0v) is 17.4. The number of nitro groups is 1. The second kappa shape index (κ2) is 10.0. The molecule has 0 saturated heterocycles. The lowest BCUT2D eigenvalue weighted by atomic mass is 9.99. The van der Waals surface area contributed by atoms with Crippen LogP contribution < -0.4 is 16.2 Å². The number of aromatic nitrogens is 2.